The van der Waals surface area contributed by atoms with Gasteiger partial charge in [0.25, 0.3) is 0 Å². The van der Waals surface area contributed by atoms with Crippen LogP contribution in [0.3, 0.4) is 0 Å². The zero-order valence-corrected chi connectivity index (χ0v) is 14.6. The normalized spacial score (nSPS) is 14.6. The van der Waals surface area contributed by atoms with E-state index in [2.05, 4.69) is 68.5 Å². The maximum atomic E-state index is 5.94. The van der Waals surface area contributed by atoms with E-state index in [1.807, 2.05) is 24.3 Å². The van der Waals surface area contributed by atoms with Crippen molar-refractivity contribution in [1.29, 1.82) is 0 Å². The van der Waals surface area contributed by atoms with Crippen molar-refractivity contribution >= 4 is 23.8 Å². The highest BCUT2D eigenvalue weighted by atomic mass is 35.5. The quantitative estimate of drug-likeness (QED) is 0.452. The van der Waals surface area contributed by atoms with E-state index in [-0.39, 0.29) is 5.41 Å². The standard InChI is InChI=1S/C23H19Cl/c1-23(2)21-6-4-3-5-19(21)20-14-11-17(15-22(20)23)8-7-16-9-12-18(24)13-10-16/h3-15H,1-2H3. The Balaban J connectivity index is 1.72. The van der Waals surface area contributed by atoms with Gasteiger partial charge in [-0.05, 0) is 45.5 Å². The van der Waals surface area contributed by atoms with Crippen molar-refractivity contribution in [3.8, 4) is 11.1 Å². The summed E-state index contributed by atoms with van der Waals surface area (Å²) < 4.78 is 0. The van der Waals surface area contributed by atoms with Crippen molar-refractivity contribution in [1.82, 2.24) is 0 Å². The molecule has 0 aliphatic heterocycles. The lowest BCUT2D eigenvalue weighted by Gasteiger charge is -2.21. The molecular weight excluding hydrogens is 312 g/mol. The van der Waals surface area contributed by atoms with Crippen molar-refractivity contribution in [3.63, 3.8) is 0 Å². The molecule has 4 rings (SSSR count). The average molecular weight is 331 g/mol. The van der Waals surface area contributed by atoms with E-state index in [4.69, 9.17) is 11.6 Å². The number of benzene rings is 3. The zero-order valence-electron chi connectivity index (χ0n) is 13.9. The van der Waals surface area contributed by atoms with Crippen LogP contribution in [0.2, 0.25) is 5.02 Å². The molecule has 0 radical (unpaired) electrons. The van der Waals surface area contributed by atoms with Gasteiger partial charge >= 0.3 is 0 Å². The molecule has 0 unspecified atom stereocenters. The molecule has 0 aromatic heterocycles. The van der Waals surface area contributed by atoms with E-state index < -0.39 is 0 Å². The van der Waals surface area contributed by atoms with Gasteiger partial charge in [0.05, 0.1) is 0 Å². The topological polar surface area (TPSA) is 0 Å². The molecule has 0 amide bonds. The first-order chi connectivity index (χ1) is 11.6. The summed E-state index contributed by atoms with van der Waals surface area (Å²) in [7, 11) is 0. The van der Waals surface area contributed by atoms with Crippen LogP contribution in [0.25, 0.3) is 23.3 Å². The Morgan fingerprint density at radius 2 is 1.33 bits per heavy atom. The largest absolute Gasteiger partial charge is 0.0843 e. The van der Waals surface area contributed by atoms with E-state index in [0.717, 1.165) is 10.6 Å². The van der Waals surface area contributed by atoms with Crippen molar-refractivity contribution < 1.29 is 0 Å². The van der Waals surface area contributed by atoms with Gasteiger partial charge in [0.2, 0.25) is 0 Å². The molecule has 0 fully saturated rings. The molecule has 118 valence electrons. The average Bonchev–Trinajstić information content (AvgIpc) is 2.83. The van der Waals surface area contributed by atoms with Gasteiger partial charge < -0.3 is 0 Å². The maximum absolute atomic E-state index is 5.94. The third-order valence-corrected chi connectivity index (χ3v) is 5.20. The Labute approximate surface area is 148 Å². The lowest BCUT2D eigenvalue weighted by Crippen LogP contribution is -2.14. The van der Waals surface area contributed by atoms with Gasteiger partial charge in [-0.2, -0.15) is 0 Å². The predicted molar refractivity (Wildman–Crippen MR) is 104 cm³/mol. The second-order valence-corrected chi connectivity index (χ2v) is 7.30. The highest BCUT2D eigenvalue weighted by molar-refractivity contribution is 6.30. The summed E-state index contributed by atoms with van der Waals surface area (Å²) in [6.45, 7) is 4.62. The van der Waals surface area contributed by atoms with E-state index in [1.165, 1.54) is 27.8 Å². The molecule has 0 bridgehead atoms. The number of hydrogen-bond acceptors (Lipinski definition) is 0. The summed E-state index contributed by atoms with van der Waals surface area (Å²) in [6.07, 6.45) is 4.30. The number of fused-ring (bicyclic) bond motifs is 3. The van der Waals surface area contributed by atoms with Gasteiger partial charge in [0.1, 0.15) is 0 Å². The highest BCUT2D eigenvalue weighted by Crippen LogP contribution is 2.48. The summed E-state index contributed by atoms with van der Waals surface area (Å²) in [5.41, 5.74) is 7.98. The molecule has 0 nitrogen and oxygen atoms in total. The maximum Gasteiger partial charge on any atom is 0.0406 e. The molecule has 1 aliphatic carbocycles. The molecule has 24 heavy (non-hydrogen) atoms. The van der Waals surface area contributed by atoms with Crippen LogP contribution in [0.5, 0.6) is 0 Å². The Hall–Kier alpha value is -2.31. The molecule has 1 aliphatic rings. The van der Waals surface area contributed by atoms with Crippen LogP contribution >= 0.6 is 11.6 Å². The number of halogens is 1. The molecule has 0 atom stereocenters. The van der Waals surface area contributed by atoms with Gasteiger partial charge in [-0.25, -0.2) is 0 Å². The minimum Gasteiger partial charge on any atom is -0.0843 e. The molecule has 0 saturated carbocycles. The predicted octanol–water partition coefficient (Wildman–Crippen LogP) is 6.82. The van der Waals surface area contributed by atoms with Crippen LogP contribution < -0.4 is 0 Å². The van der Waals surface area contributed by atoms with Crippen molar-refractivity contribution in [2.75, 3.05) is 0 Å². The zero-order chi connectivity index (χ0) is 16.7. The highest BCUT2D eigenvalue weighted by Gasteiger charge is 2.34. The first-order valence-corrected chi connectivity index (χ1v) is 8.61. The minimum atomic E-state index is 0.0516. The molecule has 3 aromatic carbocycles. The van der Waals surface area contributed by atoms with Crippen LogP contribution in [0, 0.1) is 0 Å². The van der Waals surface area contributed by atoms with E-state index >= 15 is 0 Å². The SMILES string of the molecule is CC1(C)c2ccccc2-c2ccc(C=Cc3ccc(Cl)cc3)cc21. The number of hydrogen-bond donors (Lipinski definition) is 0. The van der Waals surface area contributed by atoms with Gasteiger partial charge in [-0.1, -0.05) is 92.2 Å². The summed E-state index contributed by atoms with van der Waals surface area (Å²) in [6, 6.07) is 23.4. The van der Waals surface area contributed by atoms with Crippen molar-refractivity contribution in [2.45, 2.75) is 19.3 Å². The van der Waals surface area contributed by atoms with Crippen molar-refractivity contribution in [2.24, 2.45) is 0 Å². The van der Waals surface area contributed by atoms with Crippen LogP contribution in [0.15, 0.2) is 66.7 Å². The van der Waals surface area contributed by atoms with Gasteiger partial charge in [0, 0.05) is 10.4 Å². The second kappa shape index (κ2) is 5.65. The summed E-state index contributed by atoms with van der Waals surface area (Å²) >= 11 is 5.94. The van der Waals surface area contributed by atoms with E-state index in [9.17, 15) is 0 Å². The summed E-state index contributed by atoms with van der Waals surface area (Å²) in [5.74, 6) is 0. The van der Waals surface area contributed by atoms with Gasteiger partial charge in [0.15, 0.2) is 0 Å². The Kier molecular flexibility index (Phi) is 3.58. The Bertz CT molecular complexity index is 931. The minimum absolute atomic E-state index is 0.0516. The third kappa shape index (κ3) is 2.48. The molecule has 0 spiro atoms. The molecule has 1 heteroatoms. The van der Waals surface area contributed by atoms with Crippen LogP contribution in [0.4, 0.5) is 0 Å². The fraction of sp³-hybridized carbons (Fsp3) is 0.130. The molecule has 0 N–H and O–H groups in total. The first-order valence-electron chi connectivity index (χ1n) is 8.24. The lowest BCUT2D eigenvalue weighted by atomic mass is 9.82. The second-order valence-electron chi connectivity index (χ2n) is 6.86. The number of rotatable bonds is 2. The first kappa shape index (κ1) is 15.2. The molecule has 0 saturated heterocycles. The van der Waals surface area contributed by atoms with E-state index in [0.29, 0.717) is 0 Å². The smallest absolute Gasteiger partial charge is 0.0406 e. The molecule has 3 aromatic rings. The van der Waals surface area contributed by atoms with Crippen LogP contribution in [-0.4, -0.2) is 0 Å². The lowest BCUT2D eigenvalue weighted by molar-refractivity contribution is 0.660. The summed E-state index contributed by atoms with van der Waals surface area (Å²) in [4.78, 5) is 0. The van der Waals surface area contributed by atoms with Crippen molar-refractivity contribution in [3.05, 3.63) is 94.0 Å². The van der Waals surface area contributed by atoms with Gasteiger partial charge in [-0.3, -0.25) is 0 Å². The molecule has 0 heterocycles. The fourth-order valence-corrected chi connectivity index (χ4v) is 3.72. The fourth-order valence-electron chi connectivity index (χ4n) is 3.59. The van der Waals surface area contributed by atoms with Gasteiger partial charge in [-0.15, -0.1) is 0 Å². The van der Waals surface area contributed by atoms with Crippen LogP contribution in [-0.2, 0) is 5.41 Å². The monoisotopic (exact) mass is 330 g/mol. The third-order valence-electron chi connectivity index (χ3n) is 4.95. The Morgan fingerprint density at radius 3 is 2.12 bits per heavy atom. The van der Waals surface area contributed by atoms with Crippen LogP contribution in [0.1, 0.15) is 36.1 Å². The Morgan fingerprint density at radius 1 is 0.708 bits per heavy atom. The van der Waals surface area contributed by atoms with E-state index in [1.54, 1.807) is 0 Å². The molecular formula is C23H19Cl. The summed E-state index contributed by atoms with van der Waals surface area (Å²) in [5, 5.41) is 0.768.